The van der Waals surface area contributed by atoms with Crippen molar-refractivity contribution in [3.05, 3.63) is 65.0 Å². The van der Waals surface area contributed by atoms with Crippen LogP contribution in [0.15, 0.2) is 53.9 Å². The molecule has 2 aromatic carbocycles. The summed E-state index contributed by atoms with van der Waals surface area (Å²) in [6.45, 7) is 1.87. The van der Waals surface area contributed by atoms with Gasteiger partial charge >= 0.3 is 5.97 Å². The van der Waals surface area contributed by atoms with E-state index in [1.54, 1.807) is 24.3 Å². The number of methoxy groups -OCH3 is 1. The van der Waals surface area contributed by atoms with E-state index in [4.69, 9.17) is 4.74 Å². The largest absolute Gasteiger partial charge is 0.484 e. The third kappa shape index (κ3) is 4.92. The number of hydrogen-bond donors (Lipinski definition) is 1. The summed E-state index contributed by atoms with van der Waals surface area (Å²) in [6, 6.07) is 14.4. The number of carbonyl (C=O) groups excluding carboxylic acids is 2. The van der Waals surface area contributed by atoms with Crippen LogP contribution in [0, 0.1) is 6.92 Å². The van der Waals surface area contributed by atoms with Crippen LogP contribution in [0.5, 0.6) is 5.75 Å². The molecule has 0 saturated carbocycles. The molecule has 0 unspecified atom stereocenters. The van der Waals surface area contributed by atoms with Gasteiger partial charge in [0.15, 0.2) is 11.7 Å². The highest BCUT2D eigenvalue weighted by molar-refractivity contribution is 7.14. The fourth-order valence-corrected chi connectivity index (χ4v) is 3.03. The molecule has 138 valence electrons. The van der Waals surface area contributed by atoms with Crippen LogP contribution in [-0.4, -0.2) is 30.6 Å². The molecule has 0 atom stereocenters. The highest BCUT2D eigenvalue weighted by atomic mass is 32.1. The van der Waals surface area contributed by atoms with Crippen molar-refractivity contribution < 1.29 is 19.1 Å². The number of nitrogens with zero attached hydrogens (tertiary/aromatic N) is 1. The third-order valence-electron chi connectivity index (χ3n) is 3.74. The number of amides is 1. The van der Waals surface area contributed by atoms with Crippen molar-refractivity contribution in [3.63, 3.8) is 0 Å². The second-order valence-corrected chi connectivity index (χ2v) is 6.61. The first-order chi connectivity index (χ1) is 13.0. The van der Waals surface area contributed by atoms with E-state index < -0.39 is 5.97 Å². The van der Waals surface area contributed by atoms with Gasteiger partial charge in [-0.15, -0.1) is 11.3 Å². The van der Waals surface area contributed by atoms with Crippen LogP contribution in [0.3, 0.4) is 0 Å². The molecular formula is C20H18N2O4S. The van der Waals surface area contributed by atoms with Gasteiger partial charge in [0.05, 0.1) is 18.4 Å². The van der Waals surface area contributed by atoms with Crippen LogP contribution in [0.2, 0.25) is 0 Å². The van der Waals surface area contributed by atoms with E-state index in [9.17, 15) is 9.59 Å². The van der Waals surface area contributed by atoms with Crippen molar-refractivity contribution >= 4 is 28.3 Å². The van der Waals surface area contributed by atoms with E-state index >= 15 is 0 Å². The molecule has 3 rings (SSSR count). The van der Waals surface area contributed by atoms with Gasteiger partial charge in [0.1, 0.15) is 5.75 Å². The first-order valence-corrected chi connectivity index (χ1v) is 9.07. The Bertz CT molecular complexity index is 933. The number of hydrogen-bond acceptors (Lipinski definition) is 6. The standard InChI is InChI=1S/C20H18N2O4S/c1-13-3-5-14(6-4-13)17-12-27-20(21-17)22-18(23)11-26-16-9-7-15(8-10-16)19(24)25-2/h3-10,12H,11H2,1-2H3,(H,21,22,23). The molecule has 0 bridgehead atoms. The summed E-state index contributed by atoms with van der Waals surface area (Å²) in [5, 5.41) is 5.13. The van der Waals surface area contributed by atoms with E-state index in [1.807, 2.05) is 36.6 Å². The lowest BCUT2D eigenvalue weighted by Gasteiger charge is -2.06. The molecule has 0 saturated heterocycles. The van der Waals surface area contributed by atoms with Gasteiger partial charge in [-0.25, -0.2) is 9.78 Å². The molecule has 27 heavy (non-hydrogen) atoms. The normalized spacial score (nSPS) is 10.3. The molecule has 0 aliphatic carbocycles. The molecule has 0 spiro atoms. The van der Waals surface area contributed by atoms with Crippen LogP contribution in [-0.2, 0) is 9.53 Å². The van der Waals surface area contributed by atoms with E-state index in [0.29, 0.717) is 16.4 Å². The number of ether oxygens (including phenoxy) is 2. The van der Waals surface area contributed by atoms with Crippen LogP contribution in [0.25, 0.3) is 11.3 Å². The maximum Gasteiger partial charge on any atom is 0.337 e. The number of benzene rings is 2. The molecule has 1 heterocycles. The zero-order valence-corrected chi connectivity index (χ0v) is 15.7. The molecule has 1 amide bonds. The number of esters is 1. The quantitative estimate of drug-likeness (QED) is 0.654. The lowest BCUT2D eigenvalue weighted by Crippen LogP contribution is -2.20. The van der Waals surface area contributed by atoms with E-state index in [-0.39, 0.29) is 12.5 Å². The number of carbonyl (C=O) groups is 2. The van der Waals surface area contributed by atoms with Gasteiger partial charge < -0.3 is 9.47 Å². The summed E-state index contributed by atoms with van der Waals surface area (Å²) in [6.07, 6.45) is 0. The number of thiazole rings is 1. The van der Waals surface area contributed by atoms with Crippen LogP contribution >= 0.6 is 11.3 Å². The fraction of sp³-hybridized carbons (Fsp3) is 0.150. The first-order valence-electron chi connectivity index (χ1n) is 8.19. The fourth-order valence-electron chi connectivity index (χ4n) is 2.30. The Morgan fingerprint density at radius 3 is 2.44 bits per heavy atom. The second kappa shape index (κ2) is 8.46. The van der Waals surface area contributed by atoms with Gasteiger partial charge in [-0.2, -0.15) is 0 Å². The van der Waals surface area contributed by atoms with Crippen molar-refractivity contribution in [2.24, 2.45) is 0 Å². The Morgan fingerprint density at radius 2 is 1.78 bits per heavy atom. The molecule has 6 nitrogen and oxygen atoms in total. The number of anilines is 1. The average molecular weight is 382 g/mol. The van der Waals surface area contributed by atoms with Crippen molar-refractivity contribution in [1.82, 2.24) is 4.98 Å². The van der Waals surface area contributed by atoms with Crippen molar-refractivity contribution in [2.75, 3.05) is 19.0 Å². The topological polar surface area (TPSA) is 77.5 Å². The van der Waals surface area contributed by atoms with Gasteiger partial charge in [0.25, 0.3) is 5.91 Å². The zero-order valence-electron chi connectivity index (χ0n) is 14.9. The predicted molar refractivity (Wildman–Crippen MR) is 104 cm³/mol. The van der Waals surface area contributed by atoms with Crippen LogP contribution < -0.4 is 10.1 Å². The monoisotopic (exact) mass is 382 g/mol. The number of rotatable bonds is 6. The van der Waals surface area contributed by atoms with Gasteiger partial charge in [-0.1, -0.05) is 29.8 Å². The van der Waals surface area contributed by atoms with Crippen molar-refractivity contribution in [3.8, 4) is 17.0 Å². The average Bonchev–Trinajstić information content (AvgIpc) is 3.15. The van der Waals surface area contributed by atoms with Gasteiger partial charge in [-0.05, 0) is 31.2 Å². The molecule has 1 N–H and O–H groups in total. The molecule has 3 aromatic rings. The smallest absolute Gasteiger partial charge is 0.337 e. The number of nitrogens with one attached hydrogen (secondary N) is 1. The molecule has 7 heteroatoms. The SMILES string of the molecule is COC(=O)c1ccc(OCC(=O)Nc2nc(-c3ccc(C)cc3)cs2)cc1. The third-order valence-corrected chi connectivity index (χ3v) is 4.50. The maximum atomic E-state index is 12.1. The molecule has 0 radical (unpaired) electrons. The summed E-state index contributed by atoms with van der Waals surface area (Å²) >= 11 is 1.36. The Morgan fingerprint density at radius 1 is 1.07 bits per heavy atom. The van der Waals surface area contributed by atoms with E-state index in [1.165, 1.54) is 24.0 Å². The molecule has 1 aromatic heterocycles. The highest BCUT2D eigenvalue weighted by Gasteiger charge is 2.10. The van der Waals surface area contributed by atoms with Gasteiger partial charge in [-0.3, -0.25) is 10.1 Å². The van der Waals surface area contributed by atoms with Gasteiger partial charge in [0, 0.05) is 10.9 Å². The predicted octanol–water partition coefficient (Wildman–Crippen LogP) is 3.92. The minimum absolute atomic E-state index is 0.156. The Labute approximate surface area is 160 Å². The maximum absolute atomic E-state index is 12.1. The minimum Gasteiger partial charge on any atom is -0.484 e. The molecule has 0 fully saturated rings. The summed E-state index contributed by atoms with van der Waals surface area (Å²) < 4.78 is 10.1. The van der Waals surface area contributed by atoms with E-state index in [0.717, 1.165) is 11.3 Å². The lowest BCUT2D eigenvalue weighted by atomic mass is 10.1. The first kappa shape index (κ1) is 18.6. The molecular weight excluding hydrogens is 364 g/mol. The Hall–Kier alpha value is -3.19. The number of aromatic nitrogens is 1. The molecule has 0 aliphatic rings. The Balaban J connectivity index is 1.54. The van der Waals surface area contributed by atoms with Gasteiger partial charge in [0.2, 0.25) is 0 Å². The summed E-state index contributed by atoms with van der Waals surface area (Å²) in [5.41, 5.74) is 3.41. The minimum atomic E-state index is -0.424. The lowest BCUT2D eigenvalue weighted by molar-refractivity contribution is -0.118. The summed E-state index contributed by atoms with van der Waals surface area (Å²) in [5.74, 6) is -0.249. The highest BCUT2D eigenvalue weighted by Crippen LogP contribution is 2.25. The summed E-state index contributed by atoms with van der Waals surface area (Å²) in [4.78, 5) is 27.9. The zero-order chi connectivity index (χ0) is 19.2. The Kier molecular flexibility index (Phi) is 5.83. The summed E-state index contributed by atoms with van der Waals surface area (Å²) in [7, 11) is 1.32. The number of aryl methyl sites for hydroxylation is 1. The second-order valence-electron chi connectivity index (χ2n) is 5.76. The van der Waals surface area contributed by atoms with Crippen molar-refractivity contribution in [2.45, 2.75) is 6.92 Å². The van der Waals surface area contributed by atoms with E-state index in [2.05, 4.69) is 15.0 Å². The van der Waals surface area contributed by atoms with Crippen LogP contribution in [0.1, 0.15) is 15.9 Å². The van der Waals surface area contributed by atoms with Crippen molar-refractivity contribution in [1.29, 1.82) is 0 Å². The van der Waals surface area contributed by atoms with Crippen LogP contribution in [0.4, 0.5) is 5.13 Å². The molecule has 0 aliphatic heterocycles.